The van der Waals surface area contributed by atoms with Crippen LogP contribution >= 0.6 is 11.6 Å². The van der Waals surface area contributed by atoms with Crippen molar-refractivity contribution in [3.8, 4) is 11.4 Å². The van der Waals surface area contributed by atoms with Gasteiger partial charge in [-0.2, -0.15) is 0 Å². The minimum Gasteiger partial charge on any atom is -0.398 e. The van der Waals surface area contributed by atoms with Crippen LogP contribution in [0.3, 0.4) is 0 Å². The summed E-state index contributed by atoms with van der Waals surface area (Å²) in [6.45, 7) is 6.51. The molecular weight excluding hydrogens is 274 g/mol. The molecule has 2 rings (SSSR count). The maximum atomic E-state index is 6.03. The summed E-state index contributed by atoms with van der Waals surface area (Å²) in [4.78, 5) is 0. The van der Waals surface area contributed by atoms with Gasteiger partial charge in [-0.1, -0.05) is 38.3 Å². The Kier molecular flexibility index (Phi) is 4.60. The Morgan fingerprint density at radius 3 is 2.60 bits per heavy atom. The molecule has 1 heterocycles. The zero-order valence-electron chi connectivity index (χ0n) is 12.0. The quantitative estimate of drug-likeness (QED) is 0.856. The molecule has 0 fully saturated rings. The molecule has 0 spiro atoms. The van der Waals surface area contributed by atoms with E-state index in [9.17, 15) is 0 Å². The van der Waals surface area contributed by atoms with Gasteiger partial charge in [-0.25, -0.2) is 4.68 Å². The highest BCUT2D eigenvalue weighted by molar-refractivity contribution is 6.31. The largest absolute Gasteiger partial charge is 0.398 e. The number of hydrogen-bond acceptors (Lipinski definition) is 4. The van der Waals surface area contributed by atoms with Crippen molar-refractivity contribution in [1.29, 1.82) is 0 Å². The van der Waals surface area contributed by atoms with Gasteiger partial charge in [-0.3, -0.25) is 0 Å². The monoisotopic (exact) mass is 293 g/mol. The summed E-state index contributed by atoms with van der Waals surface area (Å²) in [7, 11) is 0. The second-order valence-electron chi connectivity index (χ2n) is 5.00. The van der Waals surface area contributed by atoms with Gasteiger partial charge in [-0.15, -0.1) is 5.10 Å². The van der Waals surface area contributed by atoms with E-state index in [0.717, 1.165) is 18.4 Å². The van der Waals surface area contributed by atoms with Gasteiger partial charge in [0.05, 0.1) is 6.04 Å². The summed E-state index contributed by atoms with van der Waals surface area (Å²) in [6, 6.07) is 5.61. The molecule has 6 heteroatoms. The first kappa shape index (κ1) is 14.8. The second-order valence-corrected chi connectivity index (χ2v) is 5.43. The van der Waals surface area contributed by atoms with E-state index in [1.165, 1.54) is 0 Å². The van der Waals surface area contributed by atoms with Crippen LogP contribution in [-0.4, -0.2) is 20.2 Å². The number of hydrogen-bond donors (Lipinski definition) is 1. The van der Waals surface area contributed by atoms with Crippen molar-refractivity contribution in [2.45, 2.75) is 39.7 Å². The Balaban J connectivity index is 2.42. The van der Waals surface area contributed by atoms with Crippen LogP contribution < -0.4 is 5.73 Å². The third kappa shape index (κ3) is 2.77. The van der Waals surface area contributed by atoms with E-state index in [0.29, 0.717) is 22.5 Å². The maximum Gasteiger partial charge on any atom is 0.184 e. The molecule has 0 aliphatic heterocycles. The van der Waals surface area contributed by atoms with E-state index < -0.39 is 0 Å². The molecule has 1 unspecified atom stereocenters. The maximum absolute atomic E-state index is 6.03. The van der Waals surface area contributed by atoms with Gasteiger partial charge in [0.15, 0.2) is 5.82 Å². The summed E-state index contributed by atoms with van der Waals surface area (Å²) in [5.74, 6) is 1.23. The number of nitrogen functional groups attached to an aromatic ring is 1. The van der Waals surface area contributed by atoms with Crippen LogP contribution in [0.2, 0.25) is 5.02 Å². The lowest BCUT2D eigenvalue weighted by Crippen LogP contribution is -2.18. The van der Waals surface area contributed by atoms with Gasteiger partial charge in [0.2, 0.25) is 0 Å². The molecule has 5 nitrogen and oxygen atoms in total. The first-order chi connectivity index (χ1) is 9.58. The number of anilines is 1. The molecule has 1 aromatic heterocycles. The Hall–Kier alpha value is -1.62. The lowest BCUT2D eigenvalue weighted by atomic mass is 9.95. The van der Waals surface area contributed by atoms with E-state index >= 15 is 0 Å². The molecule has 0 bridgehead atoms. The highest BCUT2D eigenvalue weighted by Crippen LogP contribution is 2.31. The third-order valence-electron chi connectivity index (χ3n) is 3.86. The van der Waals surface area contributed by atoms with Crippen LogP contribution in [0.15, 0.2) is 18.2 Å². The number of rotatable bonds is 5. The van der Waals surface area contributed by atoms with E-state index in [1.807, 2.05) is 10.7 Å². The Morgan fingerprint density at radius 2 is 2.00 bits per heavy atom. The first-order valence-electron chi connectivity index (χ1n) is 6.91. The molecule has 1 atom stereocenters. The number of nitrogens with two attached hydrogens (primary N) is 1. The van der Waals surface area contributed by atoms with Crippen LogP contribution in [-0.2, 0) is 0 Å². The van der Waals surface area contributed by atoms with Gasteiger partial charge >= 0.3 is 0 Å². The SMILES string of the molecule is CCC(CC)C(C)n1nnnc1-c1ccc(Cl)cc1N. The number of halogens is 1. The van der Waals surface area contributed by atoms with Crippen molar-refractivity contribution in [2.24, 2.45) is 5.92 Å². The summed E-state index contributed by atoms with van der Waals surface area (Å²) in [6.07, 6.45) is 2.18. The van der Waals surface area contributed by atoms with Gasteiger partial charge in [0, 0.05) is 16.3 Å². The van der Waals surface area contributed by atoms with E-state index in [4.69, 9.17) is 17.3 Å². The second kappa shape index (κ2) is 6.22. The Morgan fingerprint density at radius 1 is 1.30 bits per heavy atom. The van der Waals surface area contributed by atoms with Crippen LogP contribution in [0, 0.1) is 5.92 Å². The van der Waals surface area contributed by atoms with Crippen molar-refractivity contribution in [3.63, 3.8) is 0 Å². The summed E-state index contributed by atoms with van der Waals surface area (Å²) in [5, 5.41) is 12.7. The van der Waals surface area contributed by atoms with Gasteiger partial charge in [0.1, 0.15) is 0 Å². The van der Waals surface area contributed by atoms with Crippen molar-refractivity contribution < 1.29 is 0 Å². The average Bonchev–Trinajstić information content (AvgIpc) is 2.89. The molecule has 108 valence electrons. The molecule has 20 heavy (non-hydrogen) atoms. The fourth-order valence-electron chi connectivity index (χ4n) is 2.55. The predicted octanol–water partition coefficient (Wildman–Crippen LogP) is 3.57. The zero-order valence-corrected chi connectivity index (χ0v) is 12.8. The first-order valence-corrected chi connectivity index (χ1v) is 7.29. The Labute approximate surface area is 124 Å². The standard InChI is InChI=1S/C14H20ClN5/c1-4-10(5-2)9(3)20-14(17-18-19-20)12-7-6-11(15)8-13(12)16/h6-10H,4-5,16H2,1-3H3. The van der Waals surface area contributed by atoms with E-state index in [1.54, 1.807) is 12.1 Å². The molecule has 0 aliphatic rings. The van der Waals surface area contributed by atoms with E-state index in [2.05, 4.69) is 36.3 Å². The van der Waals surface area contributed by atoms with Crippen LogP contribution in [0.4, 0.5) is 5.69 Å². The molecule has 0 amide bonds. The number of benzene rings is 1. The van der Waals surface area contributed by atoms with E-state index in [-0.39, 0.29) is 6.04 Å². The number of aromatic nitrogens is 4. The number of nitrogens with zero attached hydrogens (tertiary/aromatic N) is 4. The predicted molar refractivity (Wildman–Crippen MR) is 81.5 cm³/mol. The van der Waals surface area contributed by atoms with Crippen LogP contribution in [0.5, 0.6) is 0 Å². The van der Waals surface area contributed by atoms with Crippen molar-refractivity contribution in [1.82, 2.24) is 20.2 Å². The normalized spacial score (nSPS) is 12.8. The van der Waals surface area contributed by atoms with Crippen LogP contribution in [0.25, 0.3) is 11.4 Å². The molecule has 0 radical (unpaired) electrons. The molecule has 0 saturated heterocycles. The Bertz CT molecular complexity index is 577. The minimum absolute atomic E-state index is 0.227. The summed E-state index contributed by atoms with van der Waals surface area (Å²) in [5.41, 5.74) is 7.43. The topological polar surface area (TPSA) is 69.6 Å². The van der Waals surface area contributed by atoms with Crippen LogP contribution in [0.1, 0.15) is 39.7 Å². The lowest BCUT2D eigenvalue weighted by Gasteiger charge is -2.22. The third-order valence-corrected chi connectivity index (χ3v) is 4.10. The molecule has 1 aromatic carbocycles. The average molecular weight is 294 g/mol. The molecule has 2 N–H and O–H groups in total. The van der Waals surface area contributed by atoms with Crippen molar-refractivity contribution in [3.05, 3.63) is 23.2 Å². The molecule has 2 aromatic rings. The summed E-state index contributed by atoms with van der Waals surface area (Å²) >= 11 is 5.94. The summed E-state index contributed by atoms with van der Waals surface area (Å²) < 4.78 is 1.86. The fourth-order valence-corrected chi connectivity index (χ4v) is 2.73. The highest BCUT2D eigenvalue weighted by Gasteiger charge is 2.21. The van der Waals surface area contributed by atoms with Gasteiger partial charge in [0.25, 0.3) is 0 Å². The fraction of sp³-hybridized carbons (Fsp3) is 0.500. The minimum atomic E-state index is 0.227. The zero-order chi connectivity index (χ0) is 14.7. The van der Waals surface area contributed by atoms with Crippen molar-refractivity contribution in [2.75, 3.05) is 5.73 Å². The highest BCUT2D eigenvalue weighted by atomic mass is 35.5. The number of tetrazole rings is 1. The molecule has 0 saturated carbocycles. The van der Waals surface area contributed by atoms with Gasteiger partial charge in [-0.05, 0) is 41.5 Å². The molecular formula is C14H20ClN5. The lowest BCUT2D eigenvalue weighted by molar-refractivity contribution is 0.309. The van der Waals surface area contributed by atoms with Gasteiger partial charge < -0.3 is 5.73 Å². The smallest absolute Gasteiger partial charge is 0.184 e. The van der Waals surface area contributed by atoms with Crippen molar-refractivity contribution >= 4 is 17.3 Å². The molecule has 0 aliphatic carbocycles.